The first-order valence-corrected chi connectivity index (χ1v) is 5.20. The van der Waals surface area contributed by atoms with E-state index in [2.05, 4.69) is 0 Å². The first-order valence-electron chi connectivity index (χ1n) is 5.20. The molecule has 0 radical (unpaired) electrons. The zero-order valence-corrected chi connectivity index (χ0v) is 9.07. The molecule has 1 aromatic carbocycles. The van der Waals surface area contributed by atoms with Gasteiger partial charge in [-0.1, -0.05) is 42.5 Å². The third-order valence-corrected chi connectivity index (χ3v) is 2.62. The minimum Gasteiger partial charge on any atom is -0.295 e. The smallest absolute Gasteiger partial charge is 0.189 e. The molecule has 0 fully saturated rings. The number of allylic oxidation sites excluding steroid dienone is 4. The monoisotopic (exact) mass is 212 g/mol. The molecule has 0 amide bonds. The van der Waals surface area contributed by atoms with Gasteiger partial charge in [0.25, 0.3) is 0 Å². The fourth-order valence-electron chi connectivity index (χ4n) is 1.66. The Labute approximate surface area is 94.3 Å². The number of rotatable bonds is 3. The largest absolute Gasteiger partial charge is 0.295 e. The Hall–Kier alpha value is -1.96. The topological polar surface area (TPSA) is 34.1 Å². The minimum atomic E-state index is 0.0146. The van der Waals surface area contributed by atoms with Crippen molar-refractivity contribution in [3.05, 3.63) is 59.2 Å². The summed E-state index contributed by atoms with van der Waals surface area (Å²) in [6.45, 7) is 1.51. The van der Waals surface area contributed by atoms with E-state index in [1.165, 1.54) is 6.92 Å². The van der Waals surface area contributed by atoms with Gasteiger partial charge in [-0.05, 0) is 13.3 Å². The molecule has 0 N–H and O–H groups in total. The zero-order valence-electron chi connectivity index (χ0n) is 9.07. The van der Waals surface area contributed by atoms with Gasteiger partial charge in [0.2, 0.25) is 0 Å². The lowest BCUT2D eigenvalue weighted by atomic mass is 10.0. The molecule has 1 aromatic rings. The summed E-state index contributed by atoms with van der Waals surface area (Å²) in [4.78, 5) is 23.0. The predicted octanol–water partition coefficient (Wildman–Crippen LogP) is 2.96. The predicted molar refractivity (Wildman–Crippen MR) is 62.6 cm³/mol. The van der Waals surface area contributed by atoms with Gasteiger partial charge >= 0.3 is 0 Å². The van der Waals surface area contributed by atoms with E-state index in [9.17, 15) is 9.59 Å². The summed E-state index contributed by atoms with van der Waals surface area (Å²) in [5, 5.41) is 0. The molecule has 0 bridgehead atoms. The molecule has 0 heterocycles. The summed E-state index contributed by atoms with van der Waals surface area (Å²) >= 11 is 0. The highest BCUT2D eigenvalue weighted by Gasteiger charge is 2.12. The van der Waals surface area contributed by atoms with Gasteiger partial charge in [0.1, 0.15) is 0 Å². The van der Waals surface area contributed by atoms with Crippen molar-refractivity contribution in [1.29, 1.82) is 0 Å². The van der Waals surface area contributed by atoms with Crippen molar-refractivity contribution in [2.24, 2.45) is 0 Å². The fraction of sp³-hybridized carbons (Fsp3) is 0.143. The molecule has 0 aromatic heterocycles. The van der Waals surface area contributed by atoms with Crippen LogP contribution < -0.4 is 0 Å². The van der Waals surface area contributed by atoms with Crippen LogP contribution in [0, 0.1) is 0 Å². The molecule has 1 aliphatic rings. The molecule has 2 rings (SSSR count). The van der Waals surface area contributed by atoms with Crippen LogP contribution in [0.4, 0.5) is 0 Å². The third kappa shape index (κ3) is 2.01. The molecule has 2 nitrogen and oxygen atoms in total. The van der Waals surface area contributed by atoms with Gasteiger partial charge in [0.15, 0.2) is 11.6 Å². The summed E-state index contributed by atoms with van der Waals surface area (Å²) < 4.78 is 0. The van der Waals surface area contributed by atoms with Crippen LogP contribution in [0.5, 0.6) is 0 Å². The molecule has 1 aliphatic carbocycles. The number of hydrogen-bond acceptors (Lipinski definition) is 2. The van der Waals surface area contributed by atoms with Crippen LogP contribution in [0.2, 0.25) is 0 Å². The standard InChI is InChI=1S/C14H12O2/c1-10(15)11-6-8-13(9-7-11)14(16)12-4-2-3-5-12/h2-4,6-9H,5H2,1H3. The van der Waals surface area contributed by atoms with E-state index in [-0.39, 0.29) is 11.6 Å². The fourth-order valence-corrected chi connectivity index (χ4v) is 1.66. The zero-order chi connectivity index (χ0) is 11.5. The average Bonchev–Trinajstić information content (AvgIpc) is 2.81. The number of ketones is 2. The third-order valence-electron chi connectivity index (χ3n) is 2.62. The highest BCUT2D eigenvalue weighted by molar-refractivity contribution is 6.09. The van der Waals surface area contributed by atoms with Crippen LogP contribution in [0.1, 0.15) is 34.1 Å². The van der Waals surface area contributed by atoms with Crippen LogP contribution in [-0.2, 0) is 0 Å². The first kappa shape index (κ1) is 10.6. The SMILES string of the molecule is CC(=O)c1ccc(C(=O)C2=CC=CC2)cc1. The van der Waals surface area contributed by atoms with Crippen LogP contribution in [0.25, 0.3) is 0 Å². The Morgan fingerprint density at radius 1 is 1.06 bits per heavy atom. The summed E-state index contributed by atoms with van der Waals surface area (Å²) in [6, 6.07) is 6.80. The lowest BCUT2D eigenvalue weighted by Gasteiger charge is -2.02. The van der Waals surface area contributed by atoms with Crippen molar-refractivity contribution in [1.82, 2.24) is 0 Å². The molecule has 0 spiro atoms. The molecular weight excluding hydrogens is 200 g/mol. The quantitative estimate of drug-likeness (QED) is 0.722. The van der Waals surface area contributed by atoms with E-state index in [4.69, 9.17) is 0 Å². The molecular formula is C14H12O2. The van der Waals surface area contributed by atoms with Gasteiger partial charge < -0.3 is 0 Å². The second-order valence-corrected chi connectivity index (χ2v) is 3.79. The van der Waals surface area contributed by atoms with Gasteiger partial charge in [-0.3, -0.25) is 9.59 Å². The van der Waals surface area contributed by atoms with E-state index in [0.717, 1.165) is 5.57 Å². The van der Waals surface area contributed by atoms with Gasteiger partial charge in [0.05, 0.1) is 0 Å². The Bertz CT molecular complexity index is 490. The summed E-state index contributed by atoms with van der Waals surface area (Å²) in [6.07, 6.45) is 6.38. The Morgan fingerprint density at radius 2 is 1.69 bits per heavy atom. The molecule has 0 unspecified atom stereocenters. The maximum absolute atomic E-state index is 11.9. The van der Waals surface area contributed by atoms with Gasteiger partial charge in [0, 0.05) is 16.7 Å². The molecule has 16 heavy (non-hydrogen) atoms. The van der Waals surface area contributed by atoms with Crippen LogP contribution >= 0.6 is 0 Å². The summed E-state index contributed by atoms with van der Waals surface area (Å²) in [5.41, 5.74) is 2.07. The molecule has 0 saturated carbocycles. The Morgan fingerprint density at radius 3 is 2.19 bits per heavy atom. The number of hydrogen-bond donors (Lipinski definition) is 0. The summed E-state index contributed by atoms with van der Waals surface area (Å²) in [5.74, 6) is 0.0563. The number of carbonyl (C=O) groups excluding carboxylic acids is 2. The second-order valence-electron chi connectivity index (χ2n) is 3.79. The highest BCUT2D eigenvalue weighted by Crippen LogP contribution is 2.17. The molecule has 0 saturated heterocycles. The van der Waals surface area contributed by atoms with Gasteiger partial charge in [-0.15, -0.1) is 0 Å². The summed E-state index contributed by atoms with van der Waals surface area (Å²) in [7, 11) is 0. The minimum absolute atomic E-state index is 0.0146. The van der Waals surface area contributed by atoms with Gasteiger partial charge in [-0.2, -0.15) is 0 Å². The number of Topliss-reactive ketones (excluding diaryl/α,β-unsaturated/α-hetero) is 2. The van der Waals surface area contributed by atoms with Gasteiger partial charge in [-0.25, -0.2) is 0 Å². The van der Waals surface area contributed by atoms with Crippen molar-refractivity contribution in [2.45, 2.75) is 13.3 Å². The lowest BCUT2D eigenvalue weighted by Crippen LogP contribution is -2.02. The maximum Gasteiger partial charge on any atom is 0.189 e. The average molecular weight is 212 g/mol. The van der Waals surface area contributed by atoms with E-state index < -0.39 is 0 Å². The lowest BCUT2D eigenvalue weighted by molar-refractivity contribution is 0.101. The van der Waals surface area contributed by atoms with Crippen molar-refractivity contribution in [2.75, 3.05) is 0 Å². The van der Waals surface area contributed by atoms with Crippen molar-refractivity contribution in [3.63, 3.8) is 0 Å². The van der Waals surface area contributed by atoms with E-state index in [1.54, 1.807) is 24.3 Å². The maximum atomic E-state index is 11.9. The molecule has 80 valence electrons. The van der Waals surface area contributed by atoms with Crippen molar-refractivity contribution in [3.8, 4) is 0 Å². The number of carbonyl (C=O) groups is 2. The molecule has 2 heteroatoms. The van der Waals surface area contributed by atoms with E-state index in [0.29, 0.717) is 17.5 Å². The second kappa shape index (κ2) is 4.27. The van der Waals surface area contributed by atoms with Crippen molar-refractivity contribution < 1.29 is 9.59 Å². The molecule has 0 aliphatic heterocycles. The van der Waals surface area contributed by atoms with Crippen LogP contribution in [0.15, 0.2) is 48.1 Å². The molecule has 0 atom stereocenters. The van der Waals surface area contributed by atoms with E-state index in [1.807, 2.05) is 18.2 Å². The first-order chi connectivity index (χ1) is 7.68. The highest BCUT2D eigenvalue weighted by atomic mass is 16.1. The van der Waals surface area contributed by atoms with Crippen LogP contribution in [-0.4, -0.2) is 11.6 Å². The number of benzene rings is 1. The van der Waals surface area contributed by atoms with Crippen molar-refractivity contribution >= 4 is 11.6 Å². The normalized spacial score (nSPS) is 13.7. The Balaban J connectivity index is 2.22. The van der Waals surface area contributed by atoms with E-state index >= 15 is 0 Å². The van der Waals surface area contributed by atoms with Crippen LogP contribution in [0.3, 0.4) is 0 Å². The Kier molecular flexibility index (Phi) is 2.82.